The number of aryl methyl sites for hydroxylation is 1. The normalized spacial score (nSPS) is 10.6. The molecule has 0 aliphatic carbocycles. The summed E-state index contributed by atoms with van der Waals surface area (Å²) in [6.45, 7) is 5.57. The van der Waals surface area contributed by atoms with Crippen LogP contribution in [0.4, 0.5) is 0 Å². The van der Waals surface area contributed by atoms with Gasteiger partial charge in [-0.1, -0.05) is 11.6 Å². The Morgan fingerprint density at radius 2 is 2.07 bits per heavy atom. The second-order valence-corrected chi connectivity index (χ2v) is 3.84. The average Bonchev–Trinajstić information content (AvgIpc) is 2.02. The Hall–Kier alpha value is -1.09. The third-order valence-corrected chi connectivity index (χ3v) is 2.37. The lowest BCUT2D eigenvalue weighted by Gasteiger charge is -2.14. The van der Waals surface area contributed by atoms with Crippen molar-refractivity contribution in [1.82, 2.24) is 4.57 Å². The maximum Gasteiger partial charge on any atom is 0.263 e. The summed E-state index contributed by atoms with van der Waals surface area (Å²) >= 11 is 5.77. The molecule has 0 aromatic carbocycles. The van der Waals surface area contributed by atoms with Crippen LogP contribution in [0.15, 0.2) is 10.9 Å². The number of carbonyl (C=O) groups excluding carboxylic acids is 1. The van der Waals surface area contributed by atoms with Crippen LogP contribution in [-0.4, -0.2) is 10.9 Å². The number of hydrogen-bond donors (Lipinski definition) is 0. The van der Waals surface area contributed by atoms with Gasteiger partial charge >= 0.3 is 0 Å². The predicted molar refractivity (Wildman–Crippen MR) is 56.2 cm³/mol. The molecule has 0 N–H and O–H groups in total. The van der Waals surface area contributed by atoms with Gasteiger partial charge in [0.2, 0.25) is 0 Å². The van der Waals surface area contributed by atoms with Crippen molar-refractivity contribution in [2.24, 2.45) is 0 Å². The van der Waals surface area contributed by atoms with Crippen LogP contribution in [0.5, 0.6) is 0 Å². The van der Waals surface area contributed by atoms with E-state index in [0.717, 1.165) is 5.69 Å². The van der Waals surface area contributed by atoms with Crippen molar-refractivity contribution < 1.29 is 4.79 Å². The van der Waals surface area contributed by atoms with Crippen LogP contribution in [0.1, 0.15) is 35.9 Å². The minimum absolute atomic E-state index is 0.0264. The molecule has 1 aromatic rings. The SMILES string of the molecule is Cc1cc(Cl)c(C=O)c(=O)n1C(C)C. The Labute approximate surface area is 87.3 Å². The Morgan fingerprint density at radius 3 is 2.50 bits per heavy atom. The van der Waals surface area contributed by atoms with E-state index in [1.54, 1.807) is 17.6 Å². The minimum Gasteiger partial charge on any atom is -0.310 e. The summed E-state index contributed by atoms with van der Waals surface area (Å²) in [6, 6.07) is 1.66. The molecule has 0 radical (unpaired) electrons. The Bertz CT molecular complexity index is 421. The summed E-state index contributed by atoms with van der Waals surface area (Å²) in [6.07, 6.45) is 0.503. The second kappa shape index (κ2) is 3.96. The first-order chi connectivity index (χ1) is 6.49. The van der Waals surface area contributed by atoms with Gasteiger partial charge in [0.1, 0.15) is 0 Å². The first-order valence-corrected chi connectivity index (χ1v) is 4.73. The maximum absolute atomic E-state index is 11.7. The molecule has 0 fully saturated rings. The van der Waals surface area contributed by atoms with E-state index in [-0.39, 0.29) is 22.2 Å². The zero-order valence-corrected chi connectivity index (χ0v) is 9.13. The first-order valence-electron chi connectivity index (χ1n) is 4.35. The van der Waals surface area contributed by atoms with E-state index in [1.165, 1.54) is 0 Å². The van der Waals surface area contributed by atoms with Crippen LogP contribution in [0.3, 0.4) is 0 Å². The molecule has 14 heavy (non-hydrogen) atoms. The molecule has 0 aliphatic rings. The molecule has 3 nitrogen and oxygen atoms in total. The number of carbonyl (C=O) groups is 1. The highest BCUT2D eigenvalue weighted by Gasteiger charge is 2.12. The van der Waals surface area contributed by atoms with Crippen molar-refractivity contribution >= 4 is 17.9 Å². The molecule has 0 saturated carbocycles. The van der Waals surface area contributed by atoms with Crippen molar-refractivity contribution in [3.63, 3.8) is 0 Å². The molecular formula is C10H12ClNO2. The number of hydrogen-bond acceptors (Lipinski definition) is 2. The van der Waals surface area contributed by atoms with Crippen molar-refractivity contribution in [3.05, 3.63) is 32.7 Å². The summed E-state index contributed by atoms with van der Waals surface area (Å²) in [7, 11) is 0. The fourth-order valence-corrected chi connectivity index (χ4v) is 1.75. The first kappa shape index (κ1) is 11.0. The average molecular weight is 214 g/mol. The van der Waals surface area contributed by atoms with Crippen molar-refractivity contribution in [2.45, 2.75) is 26.8 Å². The number of halogens is 1. The highest BCUT2D eigenvalue weighted by atomic mass is 35.5. The molecule has 1 aromatic heterocycles. The summed E-state index contributed by atoms with van der Waals surface area (Å²) in [4.78, 5) is 22.4. The number of aromatic nitrogens is 1. The fourth-order valence-electron chi connectivity index (χ4n) is 1.47. The molecule has 0 amide bonds. The van der Waals surface area contributed by atoms with Crippen molar-refractivity contribution in [1.29, 1.82) is 0 Å². The summed E-state index contributed by atoms with van der Waals surface area (Å²) < 4.78 is 1.55. The van der Waals surface area contributed by atoms with Gasteiger partial charge in [0.25, 0.3) is 5.56 Å². The van der Waals surface area contributed by atoms with Crippen LogP contribution in [-0.2, 0) is 0 Å². The molecule has 76 valence electrons. The van der Waals surface area contributed by atoms with E-state index in [0.29, 0.717) is 6.29 Å². The molecule has 0 atom stereocenters. The molecule has 0 aliphatic heterocycles. The highest BCUT2D eigenvalue weighted by Crippen LogP contribution is 2.14. The van der Waals surface area contributed by atoms with Gasteiger partial charge in [-0.3, -0.25) is 9.59 Å². The van der Waals surface area contributed by atoms with Crippen LogP contribution in [0, 0.1) is 6.92 Å². The lowest BCUT2D eigenvalue weighted by molar-refractivity contribution is 0.112. The van der Waals surface area contributed by atoms with Gasteiger partial charge in [-0.05, 0) is 26.8 Å². The Kier molecular flexibility index (Phi) is 3.11. The van der Waals surface area contributed by atoms with E-state index >= 15 is 0 Å². The fraction of sp³-hybridized carbons (Fsp3) is 0.400. The molecule has 1 heterocycles. The molecule has 0 bridgehead atoms. The molecule has 0 spiro atoms. The Balaban J connectivity index is 3.61. The largest absolute Gasteiger partial charge is 0.310 e. The highest BCUT2D eigenvalue weighted by molar-refractivity contribution is 6.32. The molecule has 0 unspecified atom stereocenters. The van der Waals surface area contributed by atoms with Gasteiger partial charge in [-0.2, -0.15) is 0 Å². The van der Waals surface area contributed by atoms with Gasteiger partial charge in [-0.25, -0.2) is 0 Å². The molecular weight excluding hydrogens is 202 g/mol. The van der Waals surface area contributed by atoms with E-state index in [1.807, 2.05) is 13.8 Å². The maximum atomic E-state index is 11.7. The van der Waals surface area contributed by atoms with Crippen LogP contribution < -0.4 is 5.56 Å². The molecule has 4 heteroatoms. The van der Waals surface area contributed by atoms with E-state index < -0.39 is 0 Å². The minimum atomic E-state index is -0.319. The second-order valence-electron chi connectivity index (χ2n) is 3.43. The van der Waals surface area contributed by atoms with Crippen molar-refractivity contribution in [2.75, 3.05) is 0 Å². The molecule has 0 saturated heterocycles. The molecule has 1 rings (SSSR count). The zero-order valence-electron chi connectivity index (χ0n) is 8.37. The summed E-state index contributed by atoms with van der Waals surface area (Å²) in [5, 5.41) is 0.222. The van der Waals surface area contributed by atoms with E-state index in [4.69, 9.17) is 11.6 Å². The smallest absolute Gasteiger partial charge is 0.263 e. The quantitative estimate of drug-likeness (QED) is 0.707. The van der Waals surface area contributed by atoms with E-state index in [2.05, 4.69) is 0 Å². The predicted octanol–water partition coefficient (Wildman–Crippen LogP) is 2.20. The topological polar surface area (TPSA) is 39.1 Å². The van der Waals surface area contributed by atoms with Crippen LogP contribution in [0.25, 0.3) is 0 Å². The number of aldehydes is 1. The van der Waals surface area contributed by atoms with Crippen molar-refractivity contribution in [3.8, 4) is 0 Å². The number of pyridine rings is 1. The number of nitrogens with zero attached hydrogens (tertiary/aromatic N) is 1. The van der Waals surface area contributed by atoms with E-state index in [9.17, 15) is 9.59 Å². The Morgan fingerprint density at radius 1 is 1.50 bits per heavy atom. The monoisotopic (exact) mass is 213 g/mol. The van der Waals surface area contributed by atoms with Crippen LogP contribution >= 0.6 is 11.6 Å². The number of rotatable bonds is 2. The van der Waals surface area contributed by atoms with Gasteiger partial charge in [-0.15, -0.1) is 0 Å². The lowest BCUT2D eigenvalue weighted by atomic mass is 10.2. The lowest BCUT2D eigenvalue weighted by Crippen LogP contribution is -2.27. The van der Waals surface area contributed by atoms with Gasteiger partial charge in [0.05, 0.1) is 10.6 Å². The summed E-state index contributed by atoms with van der Waals surface area (Å²) in [5.74, 6) is 0. The summed E-state index contributed by atoms with van der Waals surface area (Å²) in [5.41, 5.74) is 0.478. The van der Waals surface area contributed by atoms with Gasteiger partial charge < -0.3 is 4.57 Å². The van der Waals surface area contributed by atoms with Crippen LogP contribution in [0.2, 0.25) is 5.02 Å². The third kappa shape index (κ3) is 1.73. The van der Waals surface area contributed by atoms with Gasteiger partial charge in [0, 0.05) is 11.7 Å². The van der Waals surface area contributed by atoms with Gasteiger partial charge in [0.15, 0.2) is 6.29 Å². The third-order valence-electron chi connectivity index (χ3n) is 2.06. The standard InChI is InChI=1S/C10H12ClNO2/c1-6(2)12-7(3)4-9(11)8(5-13)10(12)14/h4-6H,1-3H3. The zero-order chi connectivity index (χ0) is 10.9.